The van der Waals surface area contributed by atoms with Gasteiger partial charge in [0.25, 0.3) is 0 Å². The van der Waals surface area contributed by atoms with Gasteiger partial charge in [-0.2, -0.15) is 0 Å². The van der Waals surface area contributed by atoms with Gasteiger partial charge in [0, 0.05) is 34.2 Å². The molecule has 0 aliphatic carbocycles. The number of hydrogen-bond donors (Lipinski definition) is 2. The lowest BCUT2D eigenvalue weighted by molar-refractivity contribution is 0.870. The first-order chi connectivity index (χ1) is 9.65. The molecule has 3 aromatic rings. The minimum absolute atomic E-state index is 0.135. The fraction of sp³-hybridized carbons (Fsp3) is 0.200. The molecule has 2 heterocycles. The van der Waals surface area contributed by atoms with E-state index in [1.54, 1.807) is 17.5 Å². The highest BCUT2D eigenvalue weighted by Crippen LogP contribution is 2.31. The Balaban J connectivity index is 1.93. The van der Waals surface area contributed by atoms with Crippen LogP contribution in [0.2, 0.25) is 0 Å². The van der Waals surface area contributed by atoms with E-state index in [4.69, 9.17) is 5.73 Å². The van der Waals surface area contributed by atoms with Crippen molar-refractivity contribution in [1.82, 2.24) is 9.97 Å². The number of fused-ring (bicyclic) bond motifs is 1. The molecule has 2 aromatic heterocycles. The van der Waals surface area contributed by atoms with Gasteiger partial charge in [0.2, 0.25) is 0 Å². The first kappa shape index (κ1) is 12.9. The van der Waals surface area contributed by atoms with Gasteiger partial charge in [0.1, 0.15) is 5.01 Å². The molecule has 102 valence electrons. The average Bonchev–Trinajstić information content (AvgIpc) is 2.89. The Morgan fingerprint density at radius 3 is 2.85 bits per heavy atom. The van der Waals surface area contributed by atoms with E-state index in [9.17, 15) is 0 Å². The lowest BCUT2D eigenvalue weighted by Crippen LogP contribution is -2.08. The van der Waals surface area contributed by atoms with Gasteiger partial charge in [-0.1, -0.05) is 6.07 Å². The van der Waals surface area contributed by atoms with Crippen LogP contribution in [0, 0.1) is 6.92 Å². The van der Waals surface area contributed by atoms with Crippen LogP contribution in [0.4, 0.5) is 11.4 Å². The second kappa shape index (κ2) is 5.09. The number of pyridine rings is 1. The van der Waals surface area contributed by atoms with Crippen LogP contribution in [-0.2, 0) is 0 Å². The maximum Gasteiger partial charge on any atom is 0.115 e. The zero-order valence-electron chi connectivity index (χ0n) is 11.4. The van der Waals surface area contributed by atoms with Crippen molar-refractivity contribution < 1.29 is 0 Å². The van der Waals surface area contributed by atoms with E-state index in [-0.39, 0.29) is 6.04 Å². The number of nitrogens with two attached hydrogens (primary N) is 1. The smallest absolute Gasteiger partial charge is 0.115 e. The average molecular weight is 284 g/mol. The van der Waals surface area contributed by atoms with Crippen LogP contribution in [0.15, 0.2) is 36.8 Å². The largest absolute Gasteiger partial charge is 0.397 e. The molecule has 1 atom stereocenters. The number of benzene rings is 1. The lowest BCUT2D eigenvalue weighted by Gasteiger charge is -2.16. The van der Waals surface area contributed by atoms with E-state index in [2.05, 4.69) is 29.1 Å². The molecule has 1 aromatic carbocycles. The van der Waals surface area contributed by atoms with Gasteiger partial charge in [0.15, 0.2) is 0 Å². The summed E-state index contributed by atoms with van der Waals surface area (Å²) in [7, 11) is 0. The number of anilines is 2. The summed E-state index contributed by atoms with van der Waals surface area (Å²) in [5.41, 5.74) is 7.93. The zero-order chi connectivity index (χ0) is 14.1. The zero-order valence-corrected chi connectivity index (χ0v) is 12.2. The van der Waals surface area contributed by atoms with E-state index >= 15 is 0 Å². The Bertz CT molecular complexity index is 750. The monoisotopic (exact) mass is 284 g/mol. The second-order valence-corrected chi connectivity index (χ2v) is 6.07. The molecule has 0 aliphatic heterocycles. The number of nitrogens with one attached hydrogen (secondary N) is 1. The predicted octanol–water partition coefficient (Wildman–Crippen LogP) is 3.76. The first-order valence-electron chi connectivity index (χ1n) is 6.46. The van der Waals surface area contributed by atoms with Crippen molar-refractivity contribution >= 4 is 33.5 Å². The standard InChI is InChI=1S/C15H16N4S/c1-9-7-18-15(20-9)10(2)19-13-4-3-11-8-17-6-5-12(11)14(13)16/h3-8,10,19H,16H2,1-2H3. The number of aryl methyl sites for hydroxylation is 1. The Morgan fingerprint density at radius 1 is 1.25 bits per heavy atom. The third-order valence-corrected chi connectivity index (χ3v) is 4.34. The van der Waals surface area contributed by atoms with Crippen LogP contribution in [-0.4, -0.2) is 9.97 Å². The van der Waals surface area contributed by atoms with Crippen LogP contribution >= 0.6 is 11.3 Å². The number of rotatable bonds is 3. The summed E-state index contributed by atoms with van der Waals surface area (Å²) >= 11 is 1.70. The van der Waals surface area contributed by atoms with E-state index in [1.807, 2.05) is 30.6 Å². The highest BCUT2D eigenvalue weighted by Gasteiger charge is 2.12. The van der Waals surface area contributed by atoms with E-state index in [0.717, 1.165) is 27.2 Å². The summed E-state index contributed by atoms with van der Waals surface area (Å²) in [4.78, 5) is 9.73. The molecule has 0 saturated carbocycles. The van der Waals surface area contributed by atoms with Crippen LogP contribution < -0.4 is 11.1 Å². The van der Waals surface area contributed by atoms with Gasteiger partial charge in [-0.3, -0.25) is 4.98 Å². The summed E-state index contributed by atoms with van der Waals surface area (Å²) in [6.07, 6.45) is 5.48. The molecule has 0 radical (unpaired) electrons. The fourth-order valence-corrected chi connectivity index (χ4v) is 2.96. The minimum atomic E-state index is 0.135. The van der Waals surface area contributed by atoms with E-state index in [0.29, 0.717) is 0 Å². The second-order valence-electron chi connectivity index (χ2n) is 4.80. The van der Waals surface area contributed by atoms with Gasteiger partial charge in [-0.15, -0.1) is 11.3 Å². The van der Waals surface area contributed by atoms with E-state index < -0.39 is 0 Å². The van der Waals surface area contributed by atoms with Crippen molar-refractivity contribution in [1.29, 1.82) is 0 Å². The quantitative estimate of drug-likeness (QED) is 0.719. The van der Waals surface area contributed by atoms with Gasteiger partial charge in [-0.05, 0) is 26.0 Å². The van der Waals surface area contributed by atoms with Crippen molar-refractivity contribution in [3.05, 3.63) is 46.7 Å². The lowest BCUT2D eigenvalue weighted by atomic mass is 10.1. The third-order valence-electron chi connectivity index (χ3n) is 3.24. The van der Waals surface area contributed by atoms with Crippen molar-refractivity contribution in [2.45, 2.75) is 19.9 Å². The van der Waals surface area contributed by atoms with Crippen molar-refractivity contribution in [3.8, 4) is 0 Å². The molecule has 5 heteroatoms. The van der Waals surface area contributed by atoms with Gasteiger partial charge >= 0.3 is 0 Å². The molecular weight excluding hydrogens is 268 g/mol. The summed E-state index contributed by atoms with van der Waals surface area (Å²) in [5, 5.41) is 6.57. The van der Waals surface area contributed by atoms with Crippen LogP contribution in [0.1, 0.15) is 22.9 Å². The Labute approximate surface area is 121 Å². The molecule has 0 spiro atoms. The van der Waals surface area contributed by atoms with Crippen molar-refractivity contribution in [3.63, 3.8) is 0 Å². The normalized spacial score (nSPS) is 12.5. The molecular formula is C15H16N4S. The van der Waals surface area contributed by atoms with Crippen molar-refractivity contribution in [2.75, 3.05) is 11.1 Å². The fourth-order valence-electron chi connectivity index (χ4n) is 2.19. The molecule has 0 amide bonds. The van der Waals surface area contributed by atoms with Crippen LogP contribution in [0.5, 0.6) is 0 Å². The summed E-state index contributed by atoms with van der Waals surface area (Å²) in [6.45, 7) is 4.15. The molecule has 0 fully saturated rings. The van der Waals surface area contributed by atoms with Crippen LogP contribution in [0.25, 0.3) is 10.8 Å². The first-order valence-corrected chi connectivity index (χ1v) is 7.28. The third kappa shape index (κ3) is 2.32. The Kier molecular flexibility index (Phi) is 3.28. The van der Waals surface area contributed by atoms with E-state index in [1.165, 1.54) is 4.88 Å². The minimum Gasteiger partial charge on any atom is -0.397 e. The summed E-state index contributed by atoms with van der Waals surface area (Å²) in [5.74, 6) is 0. The molecule has 0 saturated heterocycles. The van der Waals surface area contributed by atoms with Gasteiger partial charge < -0.3 is 11.1 Å². The van der Waals surface area contributed by atoms with Gasteiger partial charge in [0.05, 0.1) is 17.4 Å². The highest BCUT2D eigenvalue weighted by molar-refractivity contribution is 7.11. The predicted molar refractivity (Wildman–Crippen MR) is 85.0 cm³/mol. The molecule has 3 N–H and O–H groups in total. The number of hydrogen-bond acceptors (Lipinski definition) is 5. The molecule has 1 unspecified atom stereocenters. The molecule has 0 aliphatic rings. The number of aromatic nitrogens is 2. The summed E-state index contributed by atoms with van der Waals surface area (Å²) in [6, 6.07) is 6.10. The van der Waals surface area contributed by atoms with Crippen LogP contribution in [0.3, 0.4) is 0 Å². The number of nitrogens with zero attached hydrogens (tertiary/aromatic N) is 2. The van der Waals surface area contributed by atoms with Gasteiger partial charge in [-0.25, -0.2) is 4.98 Å². The molecule has 20 heavy (non-hydrogen) atoms. The highest BCUT2D eigenvalue weighted by atomic mass is 32.1. The maximum absolute atomic E-state index is 6.24. The Morgan fingerprint density at radius 2 is 2.10 bits per heavy atom. The number of nitrogen functional groups attached to an aromatic ring is 1. The molecule has 4 nitrogen and oxygen atoms in total. The Hall–Kier alpha value is -2.14. The topological polar surface area (TPSA) is 63.8 Å². The molecule has 0 bridgehead atoms. The van der Waals surface area contributed by atoms with Crippen molar-refractivity contribution in [2.24, 2.45) is 0 Å². The number of thiazole rings is 1. The maximum atomic E-state index is 6.24. The SMILES string of the molecule is Cc1cnc(C(C)Nc2ccc3cnccc3c2N)s1. The summed E-state index contributed by atoms with van der Waals surface area (Å²) < 4.78 is 0. The molecule has 3 rings (SSSR count).